The molecular weight excluding hydrogens is 338 g/mol. The molecule has 6 nitrogen and oxygen atoms in total. The average molecular weight is 362 g/mol. The van der Waals surface area contributed by atoms with Crippen LogP contribution in [-0.4, -0.2) is 27.4 Å². The Morgan fingerprint density at radius 1 is 1.22 bits per heavy atom. The van der Waals surface area contributed by atoms with Crippen molar-refractivity contribution in [3.05, 3.63) is 29.8 Å². The number of anilines is 1. The third-order valence-electron chi connectivity index (χ3n) is 3.84. The van der Waals surface area contributed by atoms with Crippen LogP contribution in [0.5, 0.6) is 0 Å². The molecule has 0 spiro atoms. The zero-order valence-electron chi connectivity index (χ0n) is 13.0. The van der Waals surface area contributed by atoms with Gasteiger partial charge in [0.25, 0.3) is 0 Å². The van der Waals surface area contributed by atoms with E-state index in [1.54, 1.807) is 24.3 Å². The first kappa shape index (κ1) is 19.9. The van der Waals surface area contributed by atoms with E-state index >= 15 is 0 Å². The van der Waals surface area contributed by atoms with E-state index in [0.717, 1.165) is 32.4 Å². The summed E-state index contributed by atoms with van der Waals surface area (Å²) in [5, 5.41) is 11.1. The number of hydrogen-bond donors (Lipinski definition) is 3. The molecule has 0 radical (unpaired) electrons. The second kappa shape index (κ2) is 9.22. The second-order valence-corrected chi connectivity index (χ2v) is 7.40. The summed E-state index contributed by atoms with van der Waals surface area (Å²) in [4.78, 5) is 11.9. The van der Waals surface area contributed by atoms with Gasteiger partial charge < -0.3 is 10.6 Å². The maximum atomic E-state index is 11.9. The SMILES string of the molecule is Cl.NS(=O)(=O)Cc1ccc(NC(=O)CCC2CCNCC2)cc1. The van der Waals surface area contributed by atoms with E-state index in [2.05, 4.69) is 10.6 Å². The molecule has 0 aliphatic carbocycles. The number of amides is 1. The van der Waals surface area contributed by atoms with Crippen LogP contribution >= 0.6 is 12.4 Å². The highest BCUT2D eigenvalue weighted by Crippen LogP contribution is 2.18. The first-order valence-corrected chi connectivity index (χ1v) is 9.24. The number of sulfonamides is 1. The first-order valence-electron chi connectivity index (χ1n) is 7.52. The Labute approximate surface area is 143 Å². The van der Waals surface area contributed by atoms with E-state index in [4.69, 9.17) is 5.14 Å². The largest absolute Gasteiger partial charge is 0.326 e. The van der Waals surface area contributed by atoms with Crippen LogP contribution in [0, 0.1) is 5.92 Å². The van der Waals surface area contributed by atoms with Crippen molar-refractivity contribution in [2.75, 3.05) is 18.4 Å². The minimum atomic E-state index is -3.53. The summed E-state index contributed by atoms with van der Waals surface area (Å²) in [6.45, 7) is 2.08. The van der Waals surface area contributed by atoms with E-state index in [9.17, 15) is 13.2 Å². The summed E-state index contributed by atoms with van der Waals surface area (Å²) >= 11 is 0. The normalized spacial score (nSPS) is 15.7. The summed E-state index contributed by atoms with van der Waals surface area (Å²) < 4.78 is 22.0. The lowest BCUT2D eigenvalue weighted by Gasteiger charge is -2.22. The monoisotopic (exact) mass is 361 g/mol. The van der Waals surface area contributed by atoms with Gasteiger partial charge in [-0.25, -0.2) is 13.6 Å². The lowest BCUT2D eigenvalue weighted by atomic mass is 9.93. The van der Waals surface area contributed by atoms with E-state index in [-0.39, 0.29) is 24.1 Å². The molecule has 23 heavy (non-hydrogen) atoms. The standard InChI is InChI=1S/C15H23N3O3S.ClH/c16-22(20,21)11-13-1-4-14(5-2-13)18-15(19)6-3-12-7-9-17-10-8-12;/h1-2,4-5,12,17H,3,6-11H2,(H,18,19)(H2,16,20,21);1H. The number of nitrogens with two attached hydrogens (primary N) is 1. The Hall–Kier alpha value is -1.15. The van der Waals surface area contributed by atoms with Gasteiger partial charge in [-0.05, 0) is 56.0 Å². The molecule has 4 N–H and O–H groups in total. The molecule has 1 saturated heterocycles. The fraction of sp³-hybridized carbons (Fsp3) is 0.533. The average Bonchev–Trinajstić information content (AvgIpc) is 2.47. The molecular formula is C15H24ClN3O3S. The molecule has 1 aromatic carbocycles. The Morgan fingerprint density at radius 3 is 2.39 bits per heavy atom. The van der Waals surface area contributed by atoms with Crippen molar-refractivity contribution in [2.24, 2.45) is 11.1 Å². The highest BCUT2D eigenvalue weighted by molar-refractivity contribution is 7.88. The Balaban J connectivity index is 0.00000264. The van der Waals surface area contributed by atoms with Crippen LogP contribution in [-0.2, 0) is 20.6 Å². The molecule has 1 heterocycles. The number of carbonyl (C=O) groups excluding carboxylic acids is 1. The van der Waals surface area contributed by atoms with Gasteiger partial charge in [0.15, 0.2) is 0 Å². The molecule has 2 rings (SSSR count). The number of benzene rings is 1. The zero-order valence-corrected chi connectivity index (χ0v) is 14.6. The van der Waals surface area contributed by atoms with Gasteiger partial charge in [-0.3, -0.25) is 4.79 Å². The van der Waals surface area contributed by atoms with Gasteiger partial charge in [0.1, 0.15) is 0 Å². The third-order valence-corrected chi connectivity index (χ3v) is 4.58. The Morgan fingerprint density at radius 2 is 1.83 bits per heavy atom. The number of primary sulfonamides is 1. The van der Waals surface area contributed by atoms with Crippen molar-refractivity contribution in [3.8, 4) is 0 Å². The summed E-state index contributed by atoms with van der Waals surface area (Å²) in [6.07, 6.45) is 3.70. The topological polar surface area (TPSA) is 101 Å². The van der Waals surface area contributed by atoms with Crippen LogP contribution in [0.4, 0.5) is 5.69 Å². The van der Waals surface area contributed by atoms with Gasteiger partial charge in [-0.2, -0.15) is 0 Å². The molecule has 1 amide bonds. The van der Waals surface area contributed by atoms with Gasteiger partial charge in [0.2, 0.25) is 15.9 Å². The third kappa shape index (κ3) is 7.78. The lowest BCUT2D eigenvalue weighted by molar-refractivity contribution is -0.116. The minimum absolute atomic E-state index is 0. The van der Waals surface area contributed by atoms with Crippen molar-refractivity contribution < 1.29 is 13.2 Å². The van der Waals surface area contributed by atoms with E-state index in [1.165, 1.54) is 0 Å². The summed E-state index contributed by atoms with van der Waals surface area (Å²) in [5.74, 6) is 0.429. The fourth-order valence-corrected chi connectivity index (χ4v) is 3.30. The highest BCUT2D eigenvalue weighted by Gasteiger charge is 2.14. The van der Waals surface area contributed by atoms with Gasteiger partial charge >= 0.3 is 0 Å². The van der Waals surface area contributed by atoms with Crippen LogP contribution in [0.2, 0.25) is 0 Å². The van der Waals surface area contributed by atoms with E-state index in [1.807, 2.05) is 0 Å². The van der Waals surface area contributed by atoms with Crippen molar-refractivity contribution in [3.63, 3.8) is 0 Å². The van der Waals surface area contributed by atoms with E-state index in [0.29, 0.717) is 23.6 Å². The highest BCUT2D eigenvalue weighted by atomic mass is 35.5. The van der Waals surface area contributed by atoms with Crippen molar-refractivity contribution >= 4 is 34.0 Å². The number of halogens is 1. The van der Waals surface area contributed by atoms with Gasteiger partial charge in [0.05, 0.1) is 5.75 Å². The van der Waals surface area contributed by atoms with Gasteiger partial charge in [-0.15, -0.1) is 12.4 Å². The van der Waals surface area contributed by atoms with Crippen LogP contribution in [0.25, 0.3) is 0 Å². The minimum Gasteiger partial charge on any atom is -0.326 e. The number of carbonyl (C=O) groups is 1. The summed E-state index contributed by atoms with van der Waals surface area (Å²) in [7, 11) is -3.53. The predicted molar refractivity (Wildman–Crippen MR) is 94.0 cm³/mol. The van der Waals surface area contributed by atoms with Crippen molar-refractivity contribution in [1.82, 2.24) is 5.32 Å². The smallest absolute Gasteiger partial charge is 0.224 e. The van der Waals surface area contributed by atoms with Crippen molar-refractivity contribution in [1.29, 1.82) is 0 Å². The number of hydrogen-bond acceptors (Lipinski definition) is 4. The van der Waals surface area contributed by atoms with Gasteiger partial charge in [0, 0.05) is 12.1 Å². The summed E-state index contributed by atoms with van der Waals surface area (Å²) in [6, 6.07) is 6.71. The summed E-state index contributed by atoms with van der Waals surface area (Å²) in [5.41, 5.74) is 1.28. The molecule has 1 aromatic rings. The van der Waals surface area contributed by atoms with Crippen molar-refractivity contribution in [2.45, 2.75) is 31.4 Å². The number of rotatable bonds is 6. The molecule has 0 atom stereocenters. The molecule has 0 saturated carbocycles. The van der Waals surface area contributed by atoms with Crippen LogP contribution in [0.15, 0.2) is 24.3 Å². The molecule has 1 aliphatic heterocycles. The second-order valence-electron chi connectivity index (χ2n) is 5.78. The fourth-order valence-electron chi connectivity index (χ4n) is 2.65. The molecule has 0 bridgehead atoms. The molecule has 8 heteroatoms. The lowest BCUT2D eigenvalue weighted by Crippen LogP contribution is -2.28. The van der Waals surface area contributed by atoms with E-state index < -0.39 is 10.0 Å². The molecule has 130 valence electrons. The maximum Gasteiger partial charge on any atom is 0.224 e. The molecule has 1 fully saturated rings. The predicted octanol–water partition coefficient (Wildman–Crippen LogP) is 1.62. The number of nitrogens with one attached hydrogen (secondary N) is 2. The Bertz CT molecular complexity index is 599. The van der Waals surface area contributed by atoms with Gasteiger partial charge in [-0.1, -0.05) is 12.1 Å². The van der Waals surface area contributed by atoms with Crippen LogP contribution in [0.1, 0.15) is 31.2 Å². The quantitative estimate of drug-likeness (QED) is 0.716. The van der Waals surface area contributed by atoms with Crippen LogP contribution < -0.4 is 15.8 Å². The maximum absolute atomic E-state index is 11.9. The molecule has 0 unspecified atom stereocenters. The Kier molecular flexibility index (Phi) is 7.98. The number of piperidine rings is 1. The first-order chi connectivity index (χ1) is 10.4. The zero-order chi connectivity index (χ0) is 16.0. The molecule has 0 aromatic heterocycles. The molecule has 1 aliphatic rings. The van der Waals surface area contributed by atoms with Crippen LogP contribution in [0.3, 0.4) is 0 Å².